The molecule has 0 saturated carbocycles. The summed E-state index contributed by atoms with van der Waals surface area (Å²) in [6.45, 7) is 4.01. The molecule has 0 aromatic heterocycles. The van der Waals surface area contributed by atoms with Crippen LogP contribution in [-0.4, -0.2) is 51.5 Å². The van der Waals surface area contributed by atoms with Crippen molar-refractivity contribution in [3.05, 3.63) is 23.8 Å². The molecule has 17 heavy (non-hydrogen) atoms. The highest BCUT2D eigenvalue weighted by molar-refractivity contribution is 5.79. The first-order valence-electron chi connectivity index (χ1n) is 5.81. The molecular formula is C13H18N2O2. The Morgan fingerprint density at radius 1 is 1.24 bits per heavy atom. The minimum atomic E-state index is 0.694. The molecule has 1 heterocycles. The first-order chi connectivity index (χ1) is 8.24. The zero-order valence-electron chi connectivity index (χ0n) is 10.3. The van der Waals surface area contributed by atoms with E-state index in [9.17, 15) is 4.79 Å². The van der Waals surface area contributed by atoms with Gasteiger partial charge in [-0.2, -0.15) is 0 Å². The highest BCUT2D eigenvalue weighted by Crippen LogP contribution is 2.29. The molecule has 1 aliphatic rings. The number of aldehydes is 1. The molecule has 2 rings (SSSR count). The normalized spacial score (nSPS) is 16.9. The maximum absolute atomic E-state index is 10.8. The van der Waals surface area contributed by atoms with E-state index in [1.54, 1.807) is 13.2 Å². The second-order valence-electron chi connectivity index (χ2n) is 4.34. The van der Waals surface area contributed by atoms with E-state index >= 15 is 0 Å². The number of ether oxygens (including phenoxy) is 1. The molecule has 0 radical (unpaired) electrons. The molecule has 4 heteroatoms. The number of carbonyl (C=O) groups excluding carboxylic acids is 1. The second-order valence-corrected chi connectivity index (χ2v) is 4.34. The number of hydrogen-bond donors (Lipinski definition) is 0. The number of hydrogen-bond acceptors (Lipinski definition) is 4. The van der Waals surface area contributed by atoms with Gasteiger partial charge in [-0.3, -0.25) is 4.79 Å². The minimum Gasteiger partial charge on any atom is -0.495 e. The summed E-state index contributed by atoms with van der Waals surface area (Å²) in [6, 6.07) is 5.54. The lowest BCUT2D eigenvalue weighted by Crippen LogP contribution is -2.44. The molecule has 1 aliphatic heterocycles. The minimum absolute atomic E-state index is 0.694. The Morgan fingerprint density at radius 2 is 1.94 bits per heavy atom. The van der Waals surface area contributed by atoms with Crippen molar-refractivity contribution in [1.29, 1.82) is 0 Å². The number of anilines is 1. The van der Waals surface area contributed by atoms with Gasteiger partial charge in [-0.05, 0) is 25.2 Å². The number of piperazine rings is 1. The van der Waals surface area contributed by atoms with E-state index in [2.05, 4.69) is 16.8 Å². The van der Waals surface area contributed by atoms with Crippen molar-refractivity contribution < 1.29 is 9.53 Å². The van der Waals surface area contributed by atoms with E-state index in [0.717, 1.165) is 43.9 Å². The van der Waals surface area contributed by atoms with Gasteiger partial charge >= 0.3 is 0 Å². The summed E-state index contributed by atoms with van der Waals surface area (Å²) in [6.07, 6.45) is 0.874. The summed E-state index contributed by atoms with van der Waals surface area (Å²) in [7, 11) is 3.78. The number of carbonyl (C=O) groups is 1. The lowest BCUT2D eigenvalue weighted by Gasteiger charge is -2.34. The van der Waals surface area contributed by atoms with Gasteiger partial charge in [0.1, 0.15) is 12.0 Å². The van der Waals surface area contributed by atoms with Crippen LogP contribution < -0.4 is 9.64 Å². The van der Waals surface area contributed by atoms with Gasteiger partial charge in [-0.1, -0.05) is 0 Å². The van der Waals surface area contributed by atoms with Crippen molar-refractivity contribution in [1.82, 2.24) is 4.90 Å². The lowest BCUT2D eigenvalue weighted by molar-refractivity contribution is 0.112. The molecule has 1 aromatic carbocycles. The molecule has 0 amide bonds. The first-order valence-corrected chi connectivity index (χ1v) is 5.81. The zero-order valence-corrected chi connectivity index (χ0v) is 10.3. The van der Waals surface area contributed by atoms with Crippen LogP contribution in [0.25, 0.3) is 0 Å². The number of benzene rings is 1. The summed E-state index contributed by atoms with van der Waals surface area (Å²) < 4.78 is 5.35. The van der Waals surface area contributed by atoms with Crippen molar-refractivity contribution >= 4 is 12.0 Å². The average molecular weight is 234 g/mol. The molecule has 0 aliphatic carbocycles. The highest BCUT2D eigenvalue weighted by Gasteiger charge is 2.17. The Morgan fingerprint density at radius 3 is 2.53 bits per heavy atom. The van der Waals surface area contributed by atoms with Crippen molar-refractivity contribution in [2.24, 2.45) is 0 Å². The molecule has 0 unspecified atom stereocenters. The molecule has 1 fully saturated rings. The summed E-state index contributed by atoms with van der Waals surface area (Å²) >= 11 is 0. The van der Waals surface area contributed by atoms with Crippen LogP contribution >= 0.6 is 0 Å². The topological polar surface area (TPSA) is 32.8 Å². The van der Waals surface area contributed by atoms with Gasteiger partial charge in [0.05, 0.1) is 12.8 Å². The fraction of sp³-hybridized carbons (Fsp3) is 0.462. The van der Waals surface area contributed by atoms with E-state index in [1.165, 1.54) is 0 Å². The molecule has 1 saturated heterocycles. The number of rotatable bonds is 3. The molecule has 4 nitrogen and oxygen atoms in total. The monoisotopic (exact) mass is 234 g/mol. The van der Waals surface area contributed by atoms with Gasteiger partial charge in [-0.15, -0.1) is 0 Å². The Kier molecular flexibility index (Phi) is 3.64. The Bertz CT molecular complexity index is 398. The van der Waals surface area contributed by atoms with E-state index in [0.29, 0.717) is 5.56 Å². The largest absolute Gasteiger partial charge is 0.495 e. The molecule has 0 atom stereocenters. The van der Waals surface area contributed by atoms with E-state index in [4.69, 9.17) is 4.74 Å². The maximum atomic E-state index is 10.8. The summed E-state index contributed by atoms with van der Waals surface area (Å²) in [5.74, 6) is 0.833. The van der Waals surface area contributed by atoms with Crippen LogP contribution in [0.15, 0.2) is 18.2 Å². The second kappa shape index (κ2) is 5.19. The zero-order chi connectivity index (χ0) is 12.3. The van der Waals surface area contributed by atoms with Gasteiger partial charge in [0.2, 0.25) is 0 Å². The Labute approximate surface area is 102 Å². The van der Waals surface area contributed by atoms with Crippen molar-refractivity contribution in [3.8, 4) is 5.75 Å². The van der Waals surface area contributed by atoms with E-state index in [-0.39, 0.29) is 0 Å². The van der Waals surface area contributed by atoms with Gasteiger partial charge < -0.3 is 14.5 Å². The number of methoxy groups -OCH3 is 1. The Hall–Kier alpha value is -1.55. The summed E-state index contributed by atoms with van der Waals surface area (Å²) in [5.41, 5.74) is 1.71. The average Bonchev–Trinajstić information content (AvgIpc) is 2.39. The lowest BCUT2D eigenvalue weighted by atomic mass is 10.1. The van der Waals surface area contributed by atoms with Crippen LogP contribution in [0, 0.1) is 0 Å². The predicted molar refractivity (Wildman–Crippen MR) is 68.1 cm³/mol. The molecule has 92 valence electrons. The van der Waals surface area contributed by atoms with Crippen LogP contribution in [0.1, 0.15) is 10.4 Å². The van der Waals surface area contributed by atoms with Crippen LogP contribution in [0.4, 0.5) is 5.69 Å². The fourth-order valence-electron chi connectivity index (χ4n) is 2.07. The van der Waals surface area contributed by atoms with E-state index in [1.807, 2.05) is 12.1 Å². The fourth-order valence-corrected chi connectivity index (χ4v) is 2.07. The van der Waals surface area contributed by atoms with Gasteiger partial charge in [0.25, 0.3) is 0 Å². The Balaban J connectivity index is 2.25. The summed E-state index contributed by atoms with van der Waals surface area (Å²) in [5, 5.41) is 0. The van der Waals surface area contributed by atoms with Gasteiger partial charge in [0.15, 0.2) is 0 Å². The quantitative estimate of drug-likeness (QED) is 0.737. The first kappa shape index (κ1) is 11.9. The molecule has 0 spiro atoms. The highest BCUT2D eigenvalue weighted by atomic mass is 16.5. The standard InChI is InChI=1S/C13H18N2O2/c1-14-5-7-15(8-6-14)12-9-11(10-16)3-4-13(12)17-2/h3-4,9-10H,5-8H2,1-2H3. The van der Waals surface area contributed by atoms with Gasteiger partial charge in [0, 0.05) is 31.7 Å². The SMILES string of the molecule is COc1ccc(C=O)cc1N1CCN(C)CC1. The third kappa shape index (κ3) is 2.58. The van der Waals surface area contributed by atoms with Crippen LogP contribution in [0.3, 0.4) is 0 Å². The predicted octanol–water partition coefficient (Wildman–Crippen LogP) is 1.26. The van der Waals surface area contributed by atoms with Crippen molar-refractivity contribution in [2.75, 3.05) is 45.2 Å². The molecule has 1 aromatic rings. The van der Waals surface area contributed by atoms with Crippen LogP contribution in [0.5, 0.6) is 5.75 Å². The number of nitrogens with zero attached hydrogens (tertiary/aromatic N) is 2. The molecule has 0 N–H and O–H groups in total. The molecular weight excluding hydrogens is 216 g/mol. The summed E-state index contributed by atoms with van der Waals surface area (Å²) in [4.78, 5) is 15.4. The smallest absolute Gasteiger partial charge is 0.150 e. The number of likely N-dealkylation sites (N-methyl/N-ethyl adjacent to an activating group) is 1. The van der Waals surface area contributed by atoms with Crippen LogP contribution in [0.2, 0.25) is 0 Å². The molecule has 0 bridgehead atoms. The van der Waals surface area contributed by atoms with E-state index < -0.39 is 0 Å². The third-order valence-electron chi connectivity index (χ3n) is 3.18. The maximum Gasteiger partial charge on any atom is 0.150 e. The van der Waals surface area contributed by atoms with Crippen molar-refractivity contribution in [3.63, 3.8) is 0 Å². The third-order valence-corrected chi connectivity index (χ3v) is 3.18. The van der Waals surface area contributed by atoms with Crippen molar-refractivity contribution in [2.45, 2.75) is 0 Å². The van der Waals surface area contributed by atoms with Crippen LogP contribution in [-0.2, 0) is 0 Å². The van der Waals surface area contributed by atoms with Gasteiger partial charge in [-0.25, -0.2) is 0 Å².